The van der Waals surface area contributed by atoms with Crippen molar-refractivity contribution in [2.45, 2.75) is 46.6 Å². The van der Waals surface area contributed by atoms with Gasteiger partial charge in [-0.05, 0) is 41.0 Å². The molecule has 0 fully saturated rings. The first-order chi connectivity index (χ1) is 6.73. The SMILES string of the molecule is CC1=CCC(C)(C(=O)OC(C)(C)C)C=C1. The number of hydrogen-bond acceptors (Lipinski definition) is 2. The predicted molar refractivity (Wildman–Crippen MR) is 61.5 cm³/mol. The van der Waals surface area contributed by atoms with E-state index in [1.54, 1.807) is 0 Å². The molecule has 0 aromatic rings. The van der Waals surface area contributed by atoms with Gasteiger partial charge in [0, 0.05) is 0 Å². The topological polar surface area (TPSA) is 26.3 Å². The summed E-state index contributed by atoms with van der Waals surface area (Å²) in [5.74, 6) is -0.144. The summed E-state index contributed by atoms with van der Waals surface area (Å²) >= 11 is 0. The second-order valence-corrected chi connectivity index (χ2v) is 5.40. The normalized spacial score (nSPS) is 26.1. The van der Waals surface area contributed by atoms with Crippen LogP contribution in [0.4, 0.5) is 0 Å². The van der Waals surface area contributed by atoms with Crippen LogP contribution in [-0.4, -0.2) is 11.6 Å². The largest absolute Gasteiger partial charge is 0.459 e. The summed E-state index contributed by atoms with van der Waals surface area (Å²) in [7, 11) is 0. The van der Waals surface area contributed by atoms with Crippen LogP contribution < -0.4 is 0 Å². The molecule has 2 nitrogen and oxygen atoms in total. The van der Waals surface area contributed by atoms with E-state index in [0.29, 0.717) is 0 Å². The summed E-state index contributed by atoms with van der Waals surface area (Å²) < 4.78 is 5.40. The third-order valence-electron chi connectivity index (χ3n) is 2.43. The molecule has 15 heavy (non-hydrogen) atoms. The molecule has 0 saturated carbocycles. The Morgan fingerprint density at radius 3 is 2.47 bits per heavy atom. The maximum absolute atomic E-state index is 11.9. The number of carbonyl (C=O) groups is 1. The lowest BCUT2D eigenvalue weighted by Gasteiger charge is -2.30. The molecule has 0 N–H and O–H groups in total. The van der Waals surface area contributed by atoms with Gasteiger partial charge in [-0.25, -0.2) is 0 Å². The van der Waals surface area contributed by atoms with Crippen molar-refractivity contribution in [1.29, 1.82) is 0 Å². The van der Waals surface area contributed by atoms with E-state index < -0.39 is 11.0 Å². The molecule has 0 bridgehead atoms. The summed E-state index contributed by atoms with van der Waals surface area (Å²) in [5, 5.41) is 0. The molecule has 1 rings (SSSR count). The predicted octanol–water partition coefficient (Wildman–Crippen LogP) is 3.24. The Labute approximate surface area is 92.0 Å². The molecule has 0 radical (unpaired) electrons. The van der Waals surface area contributed by atoms with Crippen LogP contribution >= 0.6 is 0 Å². The molecule has 1 unspecified atom stereocenters. The highest BCUT2D eigenvalue weighted by molar-refractivity contribution is 5.79. The third-order valence-corrected chi connectivity index (χ3v) is 2.43. The van der Waals surface area contributed by atoms with Crippen LogP contribution in [0.25, 0.3) is 0 Å². The summed E-state index contributed by atoms with van der Waals surface area (Å²) in [6.07, 6.45) is 6.72. The van der Waals surface area contributed by atoms with Gasteiger partial charge in [0.2, 0.25) is 0 Å². The molecule has 0 aromatic carbocycles. The van der Waals surface area contributed by atoms with Crippen LogP contribution in [0.15, 0.2) is 23.8 Å². The van der Waals surface area contributed by atoms with Gasteiger partial charge >= 0.3 is 5.97 Å². The van der Waals surface area contributed by atoms with Gasteiger partial charge in [-0.1, -0.05) is 23.8 Å². The van der Waals surface area contributed by atoms with E-state index in [1.165, 1.54) is 5.57 Å². The van der Waals surface area contributed by atoms with Crippen molar-refractivity contribution in [3.8, 4) is 0 Å². The molecule has 0 saturated heterocycles. The molecule has 0 aromatic heterocycles. The summed E-state index contributed by atoms with van der Waals surface area (Å²) in [5.41, 5.74) is 0.299. The number of esters is 1. The number of rotatable bonds is 1. The maximum Gasteiger partial charge on any atom is 0.316 e. The van der Waals surface area contributed by atoms with Gasteiger partial charge in [0.05, 0.1) is 5.41 Å². The lowest BCUT2D eigenvalue weighted by Crippen LogP contribution is -2.35. The number of ether oxygens (including phenoxy) is 1. The van der Waals surface area contributed by atoms with Gasteiger partial charge in [0.1, 0.15) is 5.60 Å². The average molecular weight is 208 g/mol. The number of carbonyl (C=O) groups excluding carboxylic acids is 1. The Balaban J connectivity index is 2.73. The summed E-state index contributed by atoms with van der Waals surface area (Å²) in [6, 6.07) is 0. The second-order valence-electron chi connectivity index (χ2n) is 5.40. The first kappa shape index (κ1) is 12.0. The highest BCUT2D eigenvalue weighted by atomic mass is 16.6. The highest BCUT2D eigenvalue weighted by Gasteiger charge is 2.34. The van der Waals surface area contributed by atoms with Gasteiger partial charge in [-0.3, -0.25) is 4.79 Å². The van der Waals surface area contributed by atoms with Crippen LogP contribution in [0.1, 0.15) is 41.0 Å². The molecule has 2 heteroatoms. The van der Waals surface area contributed by atoms with Crippen LogP contribution in [0, 0.1) is 5.41 Å². The van der Waals surface area contributed by atoms with E-state index in [-0.39, 0.29) is 5.97 Å². The molecule has 0 heterocycles. The molecule has 1 aliphatic rings. The third kappa shape index (κ3) is 3.22. The molecule has 0 aliphatic heterocycles. The highest BCUT2D eigenvalue weighted by Crippen LogP contribution is 2.32. The van der Waals surface area contributed by atoms with Crippen molar-refractivity contribution in [2.75, 3.05) is 0 Å². The molecule has 0 amide bonds. The van der Waals surface area contributed by atoms with Crippen molar-refractivity contribution in [2.24, 2.45) is 5.41 Å². The maximum atomic E-state index is 11.9. The zero-order chi connectivity index (χ0) is 11.7. The van der Waals surface area contributed by atoms with E-state index in [2.05, 4.69) is 6.08 Å². The molecule has 1 aliphatic carbocycles. The minimum Gasteiger partial charge on any atom is -0.459 e. The van der Waals surface area contributed by atoms with E-state index >= 15 is 0 Å². The monoisotopic (exact) mass is 208 g/mol. The number of hydrogen-bond donors (Lipinski definition) is 0. The second kappa shape index (κ2) is 3.84. The Morgan fingerprint density at radius 1 is 1.47 bits per heavy atom. The molecular weight excluding hydrogens is 188 g/mol. The van der Waals surface area contributed by atoms with Gasteiger partial charge in [-0.2, -0.15) is 0 Å². The quantitative estimate of drug-likeness (QED) is 0.618. The van der Waals surface area contributed by atoms with Crippen molar-refractivity contribution in [3.05, 3.63) is 23.8 Å². The van der Waals surface area contributed by atoms with E-state index in [1.807, 2.05) is 46.8 Å². The van der Waals surface area contributed by atoms with E-state index in [0.717, 1.165) is 6.42 Å². The molecular formula is C13H20O2. The molecule has 84 valence electrons. The lowest BCUT2D eigenvalue weighted by molar-refractivity contribution is -0.163. The fourth-order valence-electron chi connectivity index (χ4n) is 1.37. The zero-order valence-electron chi connectivity index (χ0n) is 10.3. The van der Waals surface area contributed by atoms with Crippen molar-refractivity contribution in [1.82, 2.24) is 0 Å². The first-order valence-electron chi connectivity index (χ1n) is 5.32. The smallest absolute Gasteiger partial charge is 0.316 e. The fraction of sp³-hybridized carbons (Fsp3) is 0.615. The van der Waals surface area contributed by atoms with Crippen molar-refractivity contribution in [3.63, 3.8) is 0 Å². The number of allylic oxidation sites excluding steroid dienone is 3. The van der Waals surface area contributed by atoms with E-state index in [4.69, 9.17) is 4.74 Å². The lowest BCUT2D eigenvalue weighted by atomic mass is 9.82. The minimum absolute atomic E-state index is 0.144. The van der Waals surface area contributed by atoms with Crippen LogP contribution in [-0.2, 0) is 9.53 Å². The summed E-state index contributed by atoms with van der Waals surface area (Å²) in [6.45, 7) is 9.62. The molecule has 1 atom stereocenters. The molecule has 0 spiro atoms. The standard InChI is InChI=1S/C13H20O2/c1-10-6-8-13(5,9-7-10)11(14)15-12(2,3)4/h6-8H,9H2,1-5H3. The zero-order valence-corrected chi connectivity index (χ0v) is 10.3. The van der Waals surface area contributed by atoms with Gasteiger partial charge in [0.25, 0.3) is 0 Å². The average Bonchev–Trinajstić information content (AvgIpc) is 2.07. The van der Waals surface area contributed by atoms with Crippen LogP contribution in [0.2, 0.25) is 0 Å². The first-order valence-corrected chi connectivity index (χ1v) is 5.32. The summed E-state index contributed by atoms with van der Waals surface area (Å²) in [4.78, 5) is 11.9. The van der Waals surface area contributed by atoms with Gasteiger partial charge in [0.15, 0.2) is 0 Å². The fourth-order valence-corrected chi connectivity index (χ4v) is 1.37. The minimum atomic E-state index is -0.493. The van der Waals surface area contributed by atoms with Crippen molar-refractivity contribution < 1.29 is 9.53 Å². The van der Waals surface area contributed by atoms with Gasteiger partial charge in [-0.15, -0.1) is 0 Å². The Bertz CT molecular complexity index is 318. The van der Waals surface area contributed by atoms with E-state index in [9.17, 15) is 4.79 Å². The Morgan fingerprint density at radius 2 is 2.07 bits per heavy atom. The Hall–Kier alpha value is -1.05. The van der Waals surface area contributed by atoms with Gasteiger partial charge < -0.3 is 4.74 Å². The van der Waals surface area contributed by atoms with Crippen molar-refractivity contribution >= 4 is 5.97 Å². The van der Waals surface area contributed by atoms with Crippen LogP contribution in [0.3, 0.4) is 0 Å². The van der Waals surface area contributed by atoms with Crippen LogP contribution in [0.5, 0.6) is 0 Å². The Kier molecular flexibility index (Phi) is 3.08.